The number of carbonyl (C=O) groups excluding carboxylic acids is 1. The number of halogens is 3. The molecule has 2 aromatic carbocycles. The van der Waals surface area contributed by atoms with Gasteiger partial charge in [-0.3, -0.25) is 4.79 Å². The van der Waals surface area contributed by atoms with Crippen molar-refractivity contribution in [3.05, 3.63) is 71.5 Å². The Morgan fingerprint density at radius 2 is 1.81 bits per heavy atom. The van der Waals surface area contributed by atoms with Gasteiger partial charge in [0.25, 0.3) is 5.91 Å². The summed E-state index contributed by atoms with van der Waals surface area (Å²) in [5.41, 5.74) is -0.185. The zero-order valence-corrected chi connectivity index (χ0v) is 18.2. The van der Waals surface area contributed by atoms with Gasteiger partial charge in [0.15, 0.2) is 21.3 Å². The largest absolute Gasteiger partial charge is 0.493 e. The van der Waals surface area contributed by atoms with E-state index in [1.165, 1.54) is 37.6 Å². The summed E-state index contributed by atoms with van der Waals surface area (Å²) in [6.45, 7) is 1.70. The minimum absolute atomic E-state index is 0.0829. The Morgan fingerprint density at radius 3 is 2.38 bits per heavy atom. The van der Waals surface area contributed by atoms with Crippen molar-refractivity contribution in [2.45, 2.75) is 24.0 Å². The first-order valence-corrected chi connectivity index (χ1v) is 11.2. The van der Waals surface area contributed by atoms with E-state index in [1.807, 2.05) is 0 Å². The van der Waals surface area contributed by atoms with Gasteiger partial charge < -0.3 is 10.1 Å². The molecule has 3 aromatic rings. The summed E-state index contributed by atoms with van der Waals surface area (Å²) in [4.78, 5) is 12.9. The molecule has 32 heavy (non-hydrogen) atoms. The number of carbonyl (C=O) groups is 1. The fourth-order valence-electron chi connectivity index (χ4n) is 2.97. The highest BCUT2D eigenvalue weighted by Crippen LogP contribution is 2.31. The molecule has 0 radical (unpaired) electrons. The first-order valence-electron chi connectivity index (χ1n) is 9.32. The second kappa shape index (κ2) is 8.65. The highest BCUT2D eigenvalue weighted by Gasteiger charge is 2.31. The number of aromatic nitrogens is 2. The summed E-state index contributed by atoms with van der Waals surface area (Å²) < 4.78 is 68.5. The molecule has 0 saturated heterocycles. The topological polar surface area (TPSA) is 90.3 Å². The lowest BCUT2D eigenvalue weighted by Gasteiger charge is -2.14. The summed E-state index contributed by atoms with van der Waals surface area (Å²) >= 11 is 0. The number of methoxy groups -OCH3 is 1. The van der Waals surface area contributed by atoms with Crippen molar-refractivity contribution in [2.24, 2.45) is 0 Å². The van der Waals surface area contributed by atoms with Crippen molar-refractivity contribution in [1.29, 1.82) is 0 Å². The van der Waals surface area contributed by atoms with Crippen molar-refractivity contribution < 1.29 is 31.1 Å². The van der Waals surface area contributed by atoms with Crippen LogP contribution in [-0.2, 0) is 16.0 Å². The second-order valence-corrected chi connectivity index (χ2v) is 9.09. The normalized spacial score (nSPS) is 12.9. The average Bonchev–Trinajstić information content (AvgIpc) is 3.17. The lowest BCUT2D eigenvalue weighted by Crippen LogP contribution is -2.27. The number of sulfone groups is 1. The predicted octanol–water partition coefficient (Wildman–Crippen LogP) is 3.79. The van der Waals surface area contributed by atoms with E-state index >= 15 is 0 Å². The zero-order valence-electron chi connectivity index (χ0n) is 17.3. The molecule has 1 aromatic heterocycles. The van der Waals surface area contributed by atoms with Crippen molar-refractivity contribution in [3.8, 4) is 11.4 Å². The highest BCUT2D eigenvalue weighted by molar-refractivity contribution is 7.90. The molecule has 0 spiro atoms. The van der Waals surface area contributed by atoms with E-state index in [0.29, 0.717) is 5.56 Å². The quantitative estimate of drug-likeness (QED) is 0.596. The fraction of sp³-hybridized carbons (Fsp3) is 0.238. The molecule has 7 nitrogen and oxygen atoms in total. The molecule has 0 aliphatic carbocycles. The average molecular weight is 467 g/mol. The van der Waals surface area contributed by atoms with Gasteiger partial charge in [-0.1, -0.05) is 18.2 Å². The van der Waals surface area contributed by atoms with Crippen LogP contribution in [0.15, 0.2) is 59.6 Å². The molecule has 1 N–H and O–H groups in total. The van der Waals surface area contributed by atoms with E-state index in [9.17, 15) is 26.4 Å². The number of rotatable bonds is 6. The van der Waals surface area contributed by atoms with Crippen molar-refractivity contribution in [2.75, 3.05) is 13.4 Å². The number of nitrogens with one attached hydrogen (secondary N) is 1. The van der Waals surface area contributed by atoms with Gasteiger partial charge in [0, 0.05) is 6.26 Å². The monoisotopic (exact) mass is 467 g/mol. The molecule has 0 aliphatic rings. The molecule has 1 heterocycles. The SMILES string of the molecule is COc1cn(-c2cccc(C(F)(F)F)c2)nc1C(=O)NC(C)c1ccc(S(C)(=O)=O)cc1. The molecule has 1 amide bonds. The van der Waals surface area contributed by atoms with Crippen LogP contribution in [-0.4, -0.2) is 37.5 Å². The molecule has 0 aliphatic heterocycles. The van der Waals surface area contributed by atoms with Crippen LogP contribution in [0.4, 0.5) is 13.2 Å². The van der Waals surface area contributed by atoms with Gasteiger partial charge >= 0.3 is 6.18 Å². The standard InChI is InChI=1S/C21H20F3N3O4S/c1-13(14-7-9-17(10-8-14)32(3,29)30)25-20(28)19-18(31-2)12-27(26-19)16-6-4-5-15(11-16)21(22,23)24/h4-13H,1-3H3,(H,25,28). The molecule has 11 heteroatoms. The maximum Gasteiger partial charge on any atom is 0.416 e. The second-order valence-electron chi connectivity index (χ2n) is 7.08. The third-order valence-corrected chi connectivity index (χ3v) is 5.84. The first-order chi connectivity index (χ1) is 14.9. The first kappa shape index (κ1) is 23.3. The number of hydrogen-bond acceptors (Lipinski definition) is 5. The molecule has 1 unspecified atom stereocenters. The summed E-state index contributed by atoms with van der Waals surface area (Å²) in [5, 5.41) is 6.82. The smallest absolute Gasteiger partial charge is 0.416 e. The number of ether oxygens (including phenoxy) is 1. The predicted molar refractivity (Wildman–Crippen MR) is 111 cm³/mol. The van der Waals surface area contributed by atoms with E-state index in [2.05, 4.69) is 10.4 Å². The Kier molecular flexibility index (Phi) is 6.31. The van der Waals surface area contributed by atoms with Crippen LogP contribution in [0.5, 0.6) is 5.75 Å². The van der Waals surface area contributed by atoms with Crippen LogP contribution in [0.25, 0.3) is 5.69 Å². The third-order valence-electron chi connectivity index (χ3n) is 4.71. The fourth-order valence-corrected chi connectivity index (χ4v) is 3.60. The molecule has 0 fully saturated rings. The molecule has 0 bridgehead atoms. The Bertz CT molecular complexity index is 1240. The summed E-state index contributed by atoms with van der Waals surface area (Å²) in [5.74, 6) is -0.521. The third kappa shape index (κ3) is 5.10. The van der Waals surface area contributed by atoms with Crippen LogP contribution in [0.3, 0.4) is 0 Å². The van der Waals surface area contributed by atoms with Gasteiger partial charge in [-0.2, -0.15) is 18.3 Å². The lowest BCUT2D eigenvalue weighted by atomic mass is 10.1. The molecule has 1 atom stereocenters. The zero-order chi connectivity index (χ0) is 23.7. The van der Waals surface area contributed by atoms with E-state index in [0.717, 1.165) is 23.1 Å². The van der Waals surface area contributed by atoms with E-state index in [4.69, 9.17) is 4.74 Å². The van der Waals surface area contributed by atoms with Gasteiger partial charge in [0.05, 0.1) is 35.5 Å². The Morgan fingerprint density at radius 1 is 1.16 bits per heavy atom. The van der Waals surface area contributed by atoms with Crippen LogP contribution < -0.4 is 10.1 Å². The number of hydrogen-bond donors (Lipinski definition) is 1. The Balaban J connectivity index is 1.84. The van der Waals surface area contributed by atoms with Gasteiger partial charge in [-0.05, 0) is 42.8 Å². The van der Waals surface area contributed by atoms with Crippen LogP contribution in [0.2, 0.25) is 0 Å². The molecule has 3 rings (SSSR count). The van der Waals surface area contributed by atoms with Crippen LogP contribution in [0.1, 0.15) is 34.6 Å². The van der Waals surface area contributed by atoms with Crippen LogP contribution >= 0.6 is 0 Å². The molecular weight excluding hydrogens is 447 g/mol. The number of amides is 1. The van der Waals surface area contributed by atoms with E-state index in [-0.39, 0.29) is 22.0 Å². The van der Waals surface area contributed by atoms with Crippen molar-refractivity contribution in [3.63, 3.8) is 0 Å². The summed E-state index contributed by atoms with van der Waals surface area (Å²) in [7, 11) is -2.03. The molecule has 170 valence electrons. The van der Waals surface area contributed by atoms with Crippen molar-refractivity contribution >= 4 is 15.7 Å². The van der Waals surface area contributed by atoms with Gasteiger partial charge in [-0.15, -0.1) is 0 Å². The van der Waals surface area contributed by atoms with Crippen LogP contribution in [0, 0.1) is 0 Å². The lowest BCUT2D eigenvalue weighted by molar-refractivity contribution is -0.137. The maximum absolute atomic E-state index is 13.0. The van der Waals surface area contributed by atoms with E-state index in [1.54, 1.807) is 19.1 Å². The number of benzene rings is 2. The highest BCUT2D eigenvalue weighted by atomic mass is 32.2. The number of alkyl halides is 3. The number of nitrogens with zero attached hydrogens (tertiary/aromatic N) is 2. The summed E-state index contributed by atoms with van der Waals surface area (Å²) in [6, 6.07) is 10.1. The van der Waals surface area contributed by atoms with Gasteiger partial charge in [0.2, 0.25) is 0 Å². The molecule has 0 saturated carbocycles. The molecular formula is C21H20F3N3O4S. The minimum Gasteiger partial charge on any atom is -0.493 e. The minimum atomic E-state index is -4.52. The van der Waals surface area contributed by atoms with Gasteiger partial charge in [0.1, 0.15) is 0 Å². The van der Waals surface area contributed by atoms with E-state index < -0.39 is 33.5 Å². The summed E-state index contributed by atoms with van der Waals surface area (Å²) in [6.07, 6.45) is -2.11. The maximum atomic E-state index is 13.0. The Labute approximate surface area is 182 Å². The Hall–Kier alpha value is -3.34. The van der Waals surface area contributed by atoms with Crippen molar-refractivity contribution in [1.82, 2.24) is 15.1 Å². The van der Waals surface area contributed by atoms with Gasteiger partial charge in [-0.25, -0.2) is 13.1 Å².